The van der Waals surface area contributed by atoms with E-state index in [0.29, 0.717) is 17.4 Å². The van der Waals surface area contributed by atoms with Crippen molar-refractivity contribution in [3.05, 3.63) is 88.3 Å². The van der Waals surface area contributed by atoms with Gasteiger partial charge in [0.25, 0.3) is 0 Å². The number of amides is 1. The van der Waals surface area contributed by atoms with Gasteiger partial charge in [0.2, 0.25) is 0 Å². The van der Waals surface area contributed by atoms with Crippen molar-refractivity contribution in [3.8, 4) is 5.75 Å². The predicted octanol–water partition coefficient (Wildman–Crippen LogP) is 5.50. The van der Waals surface area contributed by atoms with Crippen LogP contribution in [0.1, 0.15) is 31.4 Å². The highest BCUT2D eigenvalue weighted by Crippen LogP contribution is 2.30. The summed E-state index contributed by atoms with van der Waals surface area (Å²) < 4.78 is 16.4. The molecule has 0 aliphatic rings. The molecular formula is C28H27NO6. The van der Waals surface area contributed by atoms with Gasteiger partial charge in [0.05, 0.1) is 5.39 Å². The van der Waals surface area contributed by atoms with Crippen molar-refractivity contribution in [1.82, 2.24) is 5.32 Å². The number of esters is 1. The van der Waals surface area contributed by atoms with E-state index in [-0.39, 0.29) is 18.3 Å². The monoisotopic (exact) mass is 473 g/mol. The van der Waals surface area contributed by atoms with Gasteiger partial charge < -0.3 is 19.2 Å². The second-order valence-corrected chi connectivity index (χ2v) is 8.86. The van der Waals surface area contributed by atoms with E-state index in [1.54, 1.807) is 18.2 Å². The fourth-order valence-corrected chi connectivity index (χ4v) is 4.02. The van der Waals surface area contributed by atoms with Crippen molar-refractivity contribution in [2.45, 2.75) is 39.8 Å². The molecule has 1 aromatic heterocycles. The van der Waals surface area contributed by atoms with E-state index in [9.17, 15) is 14.4 Å². The summed E-state index contributed by atoms with van der Waals surface area (Å²) in [6, 6.07) is 18.8. The molecule has 0 aliphatic heterocycles. The lowest BCUT2D eigenvalue weighted by atomic mass is 10.0. The van der Waals surface area contributed by atoms with Crippen LogP contribution in [-0.4, -0.2) is 18.1 Å². The molecule has 1 N–H and O–H groups in total. The van der Waals surface area contributed by atoms with E-state index >= 15 is 0 Å². The van der Waals surface area contributed by atoms with Crippen LogP contribution < -0.4 is 15.7 Å². The lowest BCUT2D eigenvalue weighted by molar-refractivity contribution is -0.137. The Balaban J connectivity index is 1.53. The Labute approximate surface area is 202 Å². The van der Waals surface area contributed by atoms with E-state index in [1.807, 2.05) is 63.2 Å². The molecular weight excluding hydrogens is 446 g/mol. The third-order valence-electron chi connectivity index (χ3n) is 5.61. The molecule has 0 unspecified atom stereocenters. The molecule has 7 heteroatoms. The largest absolute Gasteiger partial charge is 0.445 e. The molecule has 0 spiro atoms. The molecule has 4 aromatic rings. The maximum absolute atomic E-state index is 13.0. The predicted molar refractivity (Wildman–Crippen MR) is 133 cm³/mol. The number of alkyl carbamates (subject to hydrolysis) is 1. The highest BCUT2D eigenvalue weighted by atomic mass is 16.6. The van der Waals surface area contributed by atoms with Gasteiger partial charge in [0.15, 0.2) is 0 Å². The van der Waals surface area contributed by atoms with Crippen molar-refractivity contribution in [1.29, 1.82) is 0 Å². The standard InChI is InChI=1S/C28H27NO6/c1-17(2)13-23(29-28(32)33-16-19-9-5-4-6-10-19)27(31)34-20-14-18(3)25-21-11-7-8-12-22(21)26(30)35-24(25)15-20/h4-12,14-15,17,23H,13,16H2,1-3H3,(H,29,32)/t23-/m0/s1. The third-order valence-corrected chi connectivity index (χ3v) is 5.61. The zero-order valence-corrected chi connectivity index (χ0v) is 19.9. The lowest BCUT2D eigenvalue weighted by Gasteiger charge is -2.19. The minimum atomic E-state index is -0.905. The first kappa shape index (κ1) is 24.0. The van der Waals surface area contributed by atoms with Gasteiger partial charge in [0, 0.05) is 16.8 Å². The normalized spacial score (nSPS) is 12.0. The van der Waals surface area contributed by atoms with Gasteiger partial charge in [-0.25, -0.2) is 14.4 Å². The molecule has 1 atom stereocenters. The first-order valence-electron chi connectivity index (χ1n) is 11.5. The van der Waals surface area contributed by atoms with E-state index in [4.69, 9.17) is 13.9 Å². The van der Waals surface area contributed by atoms with Crippen LogP contribution in [0.3, 0.4) is 0 Å². The summed E-state index contributed by atoms with van der Waals surface area (Å²) >= 11 is 0. The quantitative estimate of drug-likeness (QED) is 0.165. The summed E-state index contributed by atoms with van der Waals surface area (Å²) in [5, 5.41) is 4.66. The summed E-state index contributed by atoms with van der Waals surface area (Å²) in [5.41, 5.74) is 1.50. The molecule has 7 nitrogen and oxygen atoms in total. The van der Waals surface area contributed by atoms with Gasteiger partial charge in [-0.15, -0.1) is 0 Å². The van der Waals surface area contributed by atoms with E-state index < -0.39 is 23.7 Å². The number of aryl methyl sites for hydroxylation is 1. The molecule has 4 rings (SSSR count). The van der Waals surface area contributed by atoms with Gasteiger partial charge in [-0.3, -0.25) is 0 Å². The molecule has 0 saturated carbocycles. The number of hydrogen-bond acceptors (Lipinski definition) is 6. The highest BCUT2D eigenvalue weighted by Gasteiger charge is 2.25. The Hall–Kier alpha value is -4.13. The van der Waals surface area contributed by atoms with Crippen LogP contribution in [0.4, 0.5) is 4.79 Å². The molecule has 35 heavy (non-hydrogen) atoms. The second kappa shape index (κ2) is 10.4. The van der Waals surface area contributed by atoms with Crippen molar-refractivity contribution >= 4 is 33.8 Å². The van der Waals surface area contributed by atoms with Gasteiger partial charge in [-0.1, -0.05) is 62.4 Å². The summed E-state index contributed by atoms with van der Waals surface area (Å²) in [6.45, 7) is 5.83. The lowest BCUT2D eigenvalue weighted by Crippen LogP contribution is -2.44. The first-order valence-corrected chi connectivity index (χ1v) is 11.5. The van der Waals surface area contributed by atoms with Crippen molar-refractivity contribution in [2.24, 2.45) is 5.92 Å². The maximum Gasteiger partial charge on any atom is 0.408 e. The van der Waals surface area contributed by atoms with Crippen LogP contribution in [-0.2, 0) is 16.1 Å². The highest BCUT2D eigenvalue weighted by molar-refractivity contribution is 6.06. The Kier molecular flexibility index (Phi) is 7.15. The number of nitrogens with one attached hydrogen (secondary N) is 1. The molecule has 0 saturated heterocycles. The molecule has 3 aromatic carbocycles. The van der Waals surface area contributed by atoms with Crippen LogP contribution in [0.5, 0.6) is 5.75 Å². The van der Waals surface area contributed by atoms with Crippen LogP contribution in [0, 0.1) is 12.8 Å². The average Bonchev–Trinajstić information content (AvgIpc) is 2.82. The SMILES string of the molecule is Cc1cc(OC(=O)[C@H](CC(C)C)NC(=O)OCc2ccccc2)cc2oc(=O)c3ccccc3c12. The Morgan fingerprint density at radius 2 is 1.66 bits per heavy atom. The first-order chi connectivity index (χ1) is 16.8. The summed E-state index contributed by atoms with van der Waals surface area (Å²) in [5.74, 6) is -0.284. The average molecular weight is 474 g/mol. The zero-order valence-electron chi connectivity index (χ0n) is 19.9. The summed E-state index contributed by atoms with van der Waals surface area (Å²) in [7, 11) is 0. The Morgan fingerprint density at radius 1 is 0.971 bits per heavy atom. The smallest absolute Gasteiger partial charge is 0.408 e. The number of fused-ring (bicyclic) bond motifs is 3. The van der Waals surface area contributed by atoms with E-state index in [0.717, 1.165) is 21.9 Å². The number of carbonyl (C=O) groups excluding carboxylic acids is 2. The van der Waals surface area contributed by atoms with Gasteiger partial charge in [-0.05, 0) is 42.5 Å². The maximum atomic E-state index is 13.0. The molecule has 180 valence electrons. The van der Waals surface area contributed by atoms with E-state index in [1.165, 1.54) is 6.07 Å². The molecule has 0 bridgehead atoms. The van der Waals surface area contributed by atoms with Crippen molar-refractivity contribution in [2.75, 3.05) is 0 Å². The van der Waals surface area contributed by atoms with Crippen LogP contribution in [0.15, 0.2) is 75.9 Å². The van der Waals surface area contributed by atoms with E-state index in [2.05, 4.69) is 5.32 Å². The van der Waals surface area contributed by atoms with Crippen molar-refractivity contribution < 1.29 is 23.5 Å². The number of ether oxygens (including phenoxy) is 2. The van der Waals surface area contributed by atoms with Crippen molar-refractivity contribution in [3.63, 3.8) is 0 Å². The molecule has 0 fully saturated rings. The minimum absolute atomic E-state index is 0.0903. The molecule has 1 heterocycles. The fourth-order valence-electron chi connectivity index (χ4n) is 4.02. The topological polar surface area (TPSA) is 94.8 Å². The molecule has 0 radical (unpaired) electrons. The summed E-state index contributed by atoms with van der Waals surface area (Å²) in [6.07, 6.45) is -0.338. The summed E-state index contributed by atoms with van der Waals surface area (Å²) in [4.78, 5) is 37.8. The number of carbonyl (C=O) groups is 2. The molecule has 0 aliphatic carbocycles. The van der Waals surface area contributed by atoms with Crippen LogP contribution in [0.2, 0.25) is 0 Å². The van der Waals surface area contributed by atoms with Crippen LogP contribution >= 0.6 is 0 Å². The molecule has 1 amide bonds. The Bertz CT molecular complexity index is 1420. The number of benzene rings is 3. The third kappa shape index (κ3) is 5.69. The second-order valence-electron chi connectivity index (χ2n) is 8.86. The number of rotatable bonds is 7. The van der Waals surface area contributed by atoms with Gasteiger partial charge >= 0.3 is 17.7 Å². The van der Waals surface area contributed by atoms with Crippen LogP contribution in [0.25, 0.3) is 21.7 Å². The van der Waals surface area contributed by atoms with Gasteiger partial charge in [0.1, 0.15) is 24.0 Å². The minimum Gasteiger partial charge on any atom is -0.445 e. The zero-order chi connectivity index (χ0) is 24.9. The number of hydrogen-bond donors (Lipinski definition) is 1. The van der Waals surface area contributed by atoms with Gasteiger partial charge in [-0.2, -0.15) is 0 Å². The fraction of sp³-hybridized carbons (Fsp3) is 0.250. The Morgan fingerprint density at radius 3 is 2.37 bits per heavy atom.